The van der Waals surface area contributed by atoms with E-state index in [4.69, 9.17) is 9.47 Å². The quantitative estimate of drug-likeness (QED) is 0.184. The molecule has 10 heteroatoms. The third kappa shape index (κ3) is 5.94. The van der Waals surface area contributed by atoms with Gasteiger partial charge in [0.1, 0.15) is 6.04 Å². The van der Waals surface area contributed by atoms with Gasteiger partial charge in [-0.05, 0) is 45.4 Å². The molecule has 0 saturated carbocycles. The van der Waals surface area contributed by atoms with Crippen molar-refractivity contribution in [3.8, 4) is 0 Å². The summed E-state index contributed by atoms with van der Waals surface area (Å²) in [4.78, 5) is 47.6. The van der Waals surface area contributed by atoms with Gasteiger partial charge in [0.15, 0.2) is 0 Å². The molecule has 39 heavy (non-hydrogen) atoms. The predicted octanol–water partition coefficient (Wildman–Crippen LogP) is 2.10. The second-order valence-electron chi connectivity index (χ2n) is 11.3. The highest BCUT2D eigenvalue weighted by atomic mass is 32.2. The third-order valence-corrected chi connectivity index (χ3v) is 10.8. The van der Waals surface area contributed by atoms with E-state index >= 15 is 0 Å². The molecule has 9 nitrogen and oxygen atoms in total. The fourth-order valence-corrected chi connectivity index (χ4v) is 9.24. The first-order valence-electron chi connectivity index (χ1n) is 14.4. The van der Waals surface area contributed by atoms with E-state index in [1.165, 1.54) is 0 Å². The largest absolute Gasteiger partial charge is 0.465 e. The number of likely N-dealkylation sites (tertiary alicyclic amines) is 1. The number of amides is 2. The zero-order chi connectivity index (χ0) is 28.0. The van der Waals surface area contributed by atoms with E-state index in [0.29, 0.717) is 45.8 Å². The van der Waals surface area contributed by atoms with Crippen molar-refractivity contribution in [2.45, 2.75) is 61.0 Å². The van der Waals surface area contributed by atoms with Crippen LogP contribution < -0.4 is 0 Å². The Kier molecular flexibility index (Phi) is 10.2. The summed E-state index contributed by atoms with van der Waals surface area (Å²) in [6.45, 7) is 14.9. The Bertz CT molecular complexity index is 927. The minimum atomic E-state index is -0.677. The predicted molar refractivity (Wildman–Crippen MR) is 151 cm³/mol. The topological polar surface area (TPSA) is 99.6 Å². The Morgan fingerprint density at radius 1 is 1.18 bits per heavy atom. The third-order valence-electron chi connectivity index (χ3n) is 8.82. The number of allylic oxidation sites excluding steroid dienone is 1. The van der Waals surface area contributed by atoms with Crippen LogP contribution >= 0.6 is 11.8 Å². The van der Waals surface area contributed by atoms with Gasteiger partial charge >= 0.3 is 5.97 Å². The number of ether oxygens (including phenoxy) is 2. The van der Waals surface area contributed by atoms with E-state index in [2.05, 4.69) is 25.0 Å². The number of unbranched alkanes of at least 4 members (excludes halogenated alkanes) is 2. The number of hydrogen-bond donors (Lipinski definition) is 1. The molecule has 5 atom stereocenters. The molecule has 0 aromatic carbocycles. The van der Waals surface area contributed by atoms with Gasteiger partial charge in [-0.25, -0.2) is 0 Å². The van der Waals surface area contributed by atoms with Crippen molar-refractivity contribution in [2.24, 2.45) is 11.8 Å². The van der Waals surface area contributed by atoms with Crippen molar-refractivity contribution in [3.05, 3.63) is 25.3 Å². The fraction of sp³-hybridized carbons (Fsp3) is 0.759. The average molecular weight is 564 g/mol. The SMILES string of the molecule is C=CCCCCOC(=O)[C@H]1[C@H]2C(=O)N(CCCO)C(C(=O)N(CC=C)CCN3CCOCC3)C23CC[C@]1(C)S3. The van der Waals surface area contributed by atoms with Crippen LogP contribution in [0.15, 0.2) is 25.3 Å². The summed E-state index contributed by atoms with van der Waals surface area (Å²) in [5.41, 5.74) is 0. The highest BCUT2D eigenvalue weighted by Gasteiger charge is 2.77. The first-order chi connectivity index (χ1) is 18.8. The number of aliphatic hydroxyl groups is 1. The smallest absolute Gasteiger partial charge is 0.311 e. The van der Waals surface area contributed by atoms with Crippen molar-refractivity contribution < 1.29 is 29.0 Å². The summed E-state index contributed by atoms with van der Waals surface area (Å²) in [5.74, 6) is -1.75. The molecule has 1 spiro atoms. The van der Waals surface area contributed by atoms with E-state index in [1.807, 2.05) is 11.0 Å². The van der Waals surface area contributed by atoms with E-state index in [1.54, 1.807) is 22.7 Å². The van der Waals surface area contributed by atoms with E-state index in [0.717, 1.165) is 45.3 Å². The van der Waals surface area contributed by atoms with Gasteiger partial charge in [-0.2, -0.15) is 0 Å². The Morgan fingerprint density at radius 2 is 1.95 bits per heavy atom. The number of thioether (sulfide) groups is 1. The lowest BCUT2D eigenvalue weighted by Crippen LogP contribution is -2.56. The van der Waals surface area contributed by atoms with Gasteiger partial charge in [0.25, 0.3) is 0 Å². The number of carbonyl (C=O) groups excluding carboxylic acids is 3. The van der Waals surface area contributed by atoms with Crippen LogP contribution in [0.2, 0.25) is 0 Å². The molecule has 2 bridgehead atoms. The summed E-state index contributed by atoms with van der Waals surface area (Å²) in [5, 5.41) is 9.58. The molecule has 4 heterocycles. The van der Waals surface area contributed by atoms with Crippen LogP contribution in [-0.2, 0) is 23.9 Å². The standard InChI is InChI=1S/C29H45N3O6S/c1-4-6-7-8-19-38-27(36)23-22-25(34)32(13-9-18-33)24(29(22)11-10-28(23,3)39-29)26(35)31(12-5-2)15-14-30-16-20-37-21-17-30/h4-5,22-24,33H,1-2,6-21H2,3H3/t22-,23+,24?,28-,29?/m0/s1. The highest BCUT2D eigenvalue weighted by Crippen LogP contribution is 2.71. The minimum absolute atomic E-state index is 0.0726. The number of esters is 1. The number of hydrogen-bond acceptors (Lipinski definition) is 8. The number of fused-ring (bicyclic) bond motifs is 1. The van der Waals surface area contributed by atoms with Crippen LogP contribution in [-0.4, -0.2) is 119 Å². The van der Waals surface area contributed by atoms with Crippen LogP contribution in [0.1, 0.15) is 45.4 Å². The van der Waals surface area contributed by atoms with Crippen molar-refractivity contribution >= 4 is 29.5 Å². The van der Waals surface area contributed by atoms with Crippen molar-refractivity contribution in [1.29, 1.82) is 0 Å². The van der Waals surface area contributed by atoms with Gasteiger partial charge < -0.3 is 24.4 Å². The van der Waals surface area contributed by atoms with Crippen molar-refractivity contribution in [1.82, 2.24) is 14.7 Å². The molecule has 0 aromatic rings. The number of morpholine rings is 1. The number of nitrogens with zero attached hydrogens (tertiary/aromatic N) is 3. The maximum atomic E-state index is 14.3. The second kappa shape index (κ2) is 13.2. The van der Waals surface area contributed by atoms with Gasteiger partial charge in [0.2, 0.25) is 11.8 Å². The monoisotopic (exact) mass is 563 g/mol. The summed E-state index contributed by atoms with van der Waals surface area (Å²) in [7, 11) is 0. The Labute approximate surface area is 236 Å². The van der Waals surface area contributed by atoms with Gasteiger partial charge in [-0.1, -0.05) is 12.2 Å². The van der Waals surface area contributed by atoms with Crippen molar-refractivity contribution in [2.75, 3.05) is 65.7 Å². The lowest BCUT2D eigenvalue weighted by molar-refractivity contribution is -0.155. The molecule has 0 radical (unpaired) electrons. The van der Waals surface area contributed by atoms with Crippen LogP contribution in [0.3, 0.4) is 0 Å². The summed E-state index contributed by atoms with van der Waals surface area (Å²) in [6.07, 6.45) is 7.94. The Morgan fingerprint density at radius 3 is 2.64 bits per heavy atom. The Hall–Kier alpha value is -1.88. The average Bonchev–Trinajstić information content (AvgIpc) is 3.50. The fourth-order valence-electron chi connectivity index (χ4n) is 6.90. The lowest BCUT2D eigenvalue weighted by atomic mass is 9.66. The second-order valence-corrected chi connectivity index (χ2v) is 13.2. The van der Waals surface area contributed by atoms with Crippen LogP contribution in [0.4, 0.5) is 0 Å². The Balaban J connectivity index is 1.57. The number of rotatable bonds is 15. The summed E-state index contributed by atoms with van der Waals surface area (Å²) >= 11 is 1.66. The normalized spacial score (nSPS) is 31.8. The molecular formula is C29H45N3O6S. The maximum absolute atomic E-state index is 14.3. The van der Waals surface area contributed by atoms with Gasteiger partial charge in [-0.3, -0.25) is 19.3 Å². The molecule has 4 rings (SSSR count). The molecule has 1 N–H and O–H groups in total. The maximum Gasteiger partial charge on any atom is 0.311 e. The van der Waals surface area contributed by atoms with Crippen LogP contribution in [0.25, 0.3) is 0 Å². The van der Waals surface area contributed by atoms with Crippen LogP contribution in [0, 0.1) is 11.8 Å². The number of carbonyl (C=O) groups is 3. The molecule has 4 aliphatic rings. The molecule has 4 aliphatic heterocycles. The number of aliphatic hydroxyl groups excluding tert-OH is 1. The molecular weight excluding hydrogens is 518 g/mol. The first-order valence-corrected chi connectivity index (χ1v) is 15.2. The molecule has 0 aromatic heterocycles. The highest BCUT2D eigenvalue weighted by molar-refractivity contribution is 8.02. The molecule has 0 aliphatic carbocycles. The van der Waals surface area contributed by atoms with Crippen LogP contribution in [0.5, 0.6) is 0 Å². The van der Waals surface area contributed by atoms with Gasteiger partial charge in [0.05, 0.1) is 36.4 Å². The zero-order valence-electron chi connectivity index (χ0n) is 23.4. The summed E-state index contributed by atoms with van der Waals surface area (Å²) in [6, 6.07) is -0.677. The minimum Gasteiger partial charge on any atom is -0.465 e. The molecule has 4 fully saturated rings. The lowest BCUT2D eigenvalue weighted by Gasteiger charge is -2.38. The molecule has 4 saturated heterocycles. The van der Waals surface area contributed by atoms with Crippen molar-refractivity contribution in [3.63, 3.8) is 0 Å². The molecule has 2 amide bonds. The molecule has 218 valence electrons. The summed E-state index contributed by atoms with van der Waals surface area (Å²) < 4.78 is 10.1. The molecule has 2 unspecified atom stereocenters. The first kappa shape index (κ1) is 30.1. The van der Waals surface area contributed by atoms with E-state index < -0.39 is 27.4 Å². The zero-order valence-corrected chi connectivity index (χ0v) is 24.2. The van der Waals surface area contributed by atoms with Gasteiger partial charge in [0, 0.05) is 50.6 Å². The van der Waals surface area contributed by atoms with E-state index in [9.17, 15) is 19.5 Å². The van der Waals surface area contributed by atoms with E-state index in [-0.39, 0.29) is 30.9 Å². The van der Waals surface area contributed by atoms with Gasteiger partial charge in [-0.15, -0.1) is 24.9 Å².